The Balaban J connectivity index is 4.45. The second kappa shape index (κ2) is 10.1. The zero-order valence-corrected chi connectivity index (χ0v) is 13.1. The standard InChI is InChI=1S/C15H23N3O3/c1-12(9-16)19-7-5-15(4,21-14(3)11-18)6-8-20-13(2)10-17/h12-14H,5-8H2,1-4H3. The molecule has 0 bridgehead atoms. The van der Waals surface area contributed by atoms with Crippen LogP contribution in [0.4, 0.5) is 0 Å². The summed E-state index contributed by atoms with van der Waals surface area (Å²) >= 11 is 0. The quantitative estimate of drug-likeness (QED) is 0.613. The highest BCUT2D eigenvalue weighted by molar-refractivity contribution is 4.87. The van der Waals surface area contributed by atoms with E-state index in [9.17, 15) is 0 Å². The molecule has 0 fully saturated rings. The summed E-state index contributed by atoms with van der Waals surface area (Å²) < 4.78 is 16.4. The van der Waals surface area contributed by atoms with E-state index in [-0.39, 0.29) is 0 Å². The summed E-state index contributed by atoms with van der Waals surface area (Å²) in [6.07, 6.45) is -0.420. The van der Waals surface area contributed by atoms with E-state index in [0.29, 0.717) is 26.1 Å². The lowest BCUT2D eigenvalue weighted by molar-refractivity contribution is -0.0918. The molecule has 0 aliphatic heterocycles. The van der Waals surface area contributed by atoms with E-state index >= 15 is 0 Å². The van der Waals surface area contributed by atoms with Gasteiger partial charge in [-0.25, -0.2) is 0 Å². The summed E-state index contributed by atoms with van der Waals surface area (Å²) in [5.74, 6) is 0. The molecular weight excluding hydrogens is 270 g/mol. The third kappa shape index (κ3) is 9.00. The number of rotatable bonds is 10. The van der Waals surface area contributed by atoms with Gasteiger partial charge in [-0.05, 0) is 40.5 Å². The highest BCUT2D eigenvalue weighted by atomic mass is 16.5. The van der Waals surface area contributed by atoms with Crippen LogP contribution in [0.3, 0.4) is 0 Å². The van der Waals surface area contributed by atoms with Crippen molar-refractivity contribution in [3.8, 4) is 18.2 Å². The molecule has 116 valence electrons. The van der Waals surface area contributed by atoms with Gasteiger partial charge < -0.3 is 14.2 Å². The Morgan fingerprint density at radius 3 is 1.52 bits per heavy atom. The molecule has 6 nitrogen and oxygen atoms in total. The van der Waals surface area contributed by atoms with Crippen LogP contribution in [0.1, 0.15) is 40.5 Å². The van der Waals surface area contributed by atoms with Gasteiger partial charge in [0.2, 0.25) is 0 Å². The third-order valence-electron chi connectivity index (χ3n) is 3.00. The van der Waals surface area contributed by atoms with Crippen LogP contribution in [0.2, 0.25) is 0 Å². The molecule has 0 saturated carbocycles. The summed E-state index contributed by atoms with van der Waals surface area (Å²) in [5.41, 5.74) is -0.598. The van der Waals surface area contributed by atoms with Crippen LogP contribution in [0.5, 0.6) is 0 Å². The highest BCUT2D eigenvalue weighted by Crippen LogP contribution is 2.23. The van der Waals surface area contributed by atoms with Gasteiger partial charge in [-0.15, -0.1) is 0 Å². The first-order valence-corrected chi connectivity index (χ1v) is 6.96. The molecule has 0 heterocycles. The van der Waals surface area contributed by atoms with Crippen molar-refractivity contribution >= 4 is 0 Å². The van der Waals surface area contributed by atoms with Crippen molar-refractivity contribution in [3.63, 3.8) is 0 Å². The molecule has 0 aromatic rings. The number of ether oxygens (including phenoxy) is 3. The van der Waals surface area contributed by atoms with Crippen molar-refractivity contribution in [3.05, 3.63) is 0 Å². The largest absolute Gasteiger partial charge is 0.363 e. The van der Waals surface area contributed by atoms with E-state index in [2.05, 4.69) is 0 Å². The summed E-state index contributed by atoms with van der Waals surface area (Å²) in [4.78, 5) is 0. The van der Waals surface area contributed by atoms with Crippen molar-refractivity contribution in [1.29, 1.82) is 15.8 Å². The van der Waals surface area contributed by atoms with Gasteiger partial charge in [-0.1, -0.05) is 0 Å². The molecular formula is C15H23N3O3. The molecule has 0 saturated heterocycles. The van der Waals surface area contributed by atoms with E-state index in [1.165, 1.54) is 0 Å². The van der Waals surface area contributed by atoms with Crippen molar-refractivity contribution in [1.82, 2.24) is 0 Å². The number of hydrogen-bond donors (Lipinski definition) is 0. The lowest BCUT2D eigenvalue weighted by Crippen LogP contribution is -2.35. The molecule has 6 heteroatoms. The van der Waals surface area contributed by atoms with E-state index in [1.54, 1.807) is 20.8 Å². The molecule has 0 aromatic heterocycles. The first kappa shape index (κ1) is 19.4. The van der Waals surface area contributed by atoms with Crippen LogP contribution >= 0.6 is 0 Å². The van der Waals surface area contributed by atoms with E-state index < -0.39 is 23.9 Å². The van der Waals surface area contributed by atoms with Gasteiger partial charge in [0.25, 0.3) is 0 Å². The van der Waals surface area contributed by atoms with Crippen molar-refractivity contribution < 1.29 is 14.2 Å². The molecule has 0 amide bonds. The Labute approximate surface area is 126 Å². The predicted molar refractivity (Wildman–Crippen MR) is 75.9 cm³/mol. The van der Waals surface area contributed by atoms with Crippen LogP contribution in [0.25, 0.3) is 0 Å². The molecule has 0 rings (SSSR count). The van der Waals surface area contributed by atoms with Gasteiger partial charge in [0.05, 0.1) is 37.0 Å². The van der Waals surface area contributed by atoms with Gasteiger partial charge in [0.1, 0.15) is 18.3 Å². The fraction of sp³-hybridized carbons (Fsp3) is 0.800. The smallest absolute Gasteiger partial charge is 0.141 e. The molecule has 0 N–H and O–H groups in total. The number of nitriles is 3. The van der Waals surface area contributed by atoms with Crippen molar-refractivity contribution in [2.75, 3.05) is 13.2 Å². The molecule has 0 aliphatic carbocycles. The molecule has 3 unspecified atom stereocenters. The van der Waals surface area contributed by atoms with Crippen LogP contribution in [-0.2, 0) is 14.2 Å². The maximum Gasteiger partial charge on any atom is 0.141 e. The third-order valence-corrected chi connectivity index (χ3v) is 3.00. The second-order valence-corrected chi connectivity index (χ2v) is 5.12. The van der Waals surface area contributed by atoms with Crippen LogP contribution in [-0.4, -0.2) is 37.1 Å². The van der Waals surface area contributed by atoms with E-state index in [4.69, 9.17) is 30.0 Å². The lowest BCUT2D eigenvalue weighted by atomic mass is 9.98. The lowest BCUT2D eigenvalue weighted by Gasteiger charge is -2.31. The molecule has 3 atom stereocenters. The van der Waals surface area contributed by atoms with Crippen molar-refractivity contribution in [2.24, 2.45) is 0 Å². The van der Waals surface area contributed by atoms with Crippen LogP contribution in [0.15, 0.2) is 0 Å². The minimum absolute atomic E-state index is 0.358. The van der Waals surface area contributed by atoms with Crippen molar-refractivity contribution in [2.45, 2.75) is 64.4 Å². The predicted octanol–water partition coefficient (Wildman–Crippen LogP) is 2.31. The average molecular weight is 293 g/mol. The summed E-state index contributed by atoms with van der Waals surface area (Å²) in [5, 5.41) is 26.2. The fourth-order valence-corrected chi connectivity index (χ4v) is 1.67. The maximum atomic E-state index is 8.88. The summed E-state index contributed by atoms with van der Waals surface area (Å²) in [6.45, 7) is 7.62. The SMILES string of the molecule is CC(C#N)OCCC(C)(CCOC(C)C#N)OC(C)C#N. The molecule has 0 spiro atoms. The maximum absolute atomic E-state index is 8.88. The molecule has 0 aromatic carbocycles. The first-order valence-electron chi connectivity index (χ1n) is 6.96. The van der Waals surface area contributed by atoms with Gasteiger partial charge in [0, 0.05) is 0 Å². The van der Waals surface area contributed by atoms with Crippen LogP contribution in [0, 0.1) is 34.0 Å². The Morgan fingerprint density at radius 2 is 1.19 bits per heavy atom. The first-order chi connectivity index (χ1) is 9.86. The average Bonchev–Trinajstić information content (AvgIpc) is 2.46. The topological polar surface area (TPSA) is 99.1 Å². The summed E-state index contributed by atoms with van der Waals surface area (Å²) in [7, 11) is 0. The van der Waals surface area contributed by atoms with Gasteiger partial charge in [-0.2, -0.15) is 15.8 Å². The number of nitrogens with zero attached hydrogens (tertiary/aromatic N) is 3. The Kier molecular flexibility index (Phi) is 9.34. The molecule has 21 heavy (non-hydrogen) atoms. The minimum Gasteiger partial charge on any atom is -0.363 e. The van der Waals surface area contributed by atoms with Gasteiger partial charge in [0.15, 0.2) is 0 Å². The normalized spacial score (nSPS) is 17.6. The zero-order chi connectivity index (χ0) is 16.3. The number of hydrogen-bond acceptors (Lipinski definition) is 6. The Morgan fingerprint density at radius 1 is 0.810 bits per heavy atom. The fourth-order valence-electron chi connectivity index (χ4n) is 1.67. The Hall–Kier alpha value is -1.65. The Bertz CT molecular complexity index is 393. The monoisotopic (exact) mass is 293 g/mol. The van der Waals surface area contributed by atoms with E-state index in [0.717, 1.165) is 0 Å². The highest BCUT2D eigenvalue weighted by Gasteiger charge is 2.28. The van der Waals surface area contributed by atoms with Crippen LogP contribution < -0.4 is 0 Å². The summed E-state index contributed by atoms with van der Waals surface area (Å²) in [6, 6.07) is 6.02. The molecule has 0 aliphatic rings. The van der Waals surface area contributed by atoms with E-state index in [1.807, 2.05) is 25.1 Å². The van der Waals surface area contributed by atoms with Gasteiger partial charge in [-0.3, -0.25) is 0 Å². The van der Waals surface area contributed by atoms with Gasteiger partial charge >= 0.3 is 0 Å². The second-order valence-electron chi connectivity index (χ2n) is 5.12. The zero-order valence-electron chi connectivity index (χ0n) is 13.1. The minimum atomic E-state index is -0.598. The molecule has 0 radical (unpaired) electrons.